The first-order chi connectivity index (χ1) is 8.40. The number of hydrogen-bond acceptors (Lipinski definition) is 2. The van der Waals surface area contributed by atoms with Crippen LogP contribution in [-0.2, 0) is 4.74 Å². The van der Waals surface area contributed by atoms with Crippen molar-refractivity contribution < 1.29 is 17.9 Å². The molecule has 5 heteroatoms. The van der Waals surface area contributed by atoms with Gasteiger partial charge in [0.15, 0.2) is 0 Å². The largest absolute Gasteiger partial charge is 0.389 e. The van der Waals surface area contributed by atoms with E-state index in [-0.39, 0.29) is 18.1 Å². The van der Waals surface area contributed by atoms with Gasteiger partial charge in [0.25, 0.3) is 0 Å². The van der Waals surface area contributed by atoms with Gasteiger partial charge in [-0.1, -0.05) is 19.3 Å². The van der Waals surface area contributed by atoms with E-state index in [9.17, 15) is 13.2 Å². The number of hydrogen-bond donors (Lipinski definition) is 1. The predicted octanol–water partition coefficient (Wildman–Crippen LogP) is 3.79. The lowest BCUT2D eigenvalue weighted by molar-refractivity contribution is -0.137. The fourth-order valence-electron chi connectivity index (χ4n) is 2.85. The summed E-state index contributed by atoms with van der Waals surface area (Å²) in [5.41, 5.74) is 5.73. The minimum absolute atomic E-state index is 0.0967. The first-order valence-electron chi connectivity index (χ1n) is 6.86. The molecular formula is C13H24F3NO. The highest BCUT2D eigenvalue weighted by molar-refractivity contribution is 4.93. The van der Waals surface area contributed by atoms with Crippen LogP contribution in [0.25, 0.3) is 0 Å². The molecule has 1 aliphatic carbocycles. The van der Waals surface area contributed by atoms with Gasteiger partial charge in [-0.3, -0.25) is 0 Å². The second kappa shape index (κ2) is 6.75. The molecule has 1 atom stereocenters. The van der Waals surface area contributed by atoms with Crippen molar-refractivity contribution in [2.45, 2.75) is 76.1 Å². The molecule has 1 fully saturated rings. The quantitative estimate of drug-likeness (QED) is 0.794. The van der Waals surface area contributed by atoms with Gasteiger partial charge in [-0.2, -0.15) is 13.2 Å². The molecule has 0 bridgehead atoms. The average Bonchev–Trinajstić information content (AvgIpc) is 2.29. The van der Waals surface area contributed by atoms with Crippen molar-refractivity contribution in [1.82, 2.24) is 0 Å². The van der Waals surface area contributed by atoms with Crippen molar-refractivity contribution in [3.63, 3.8) is 0 Å². The number of rotatable bonds is 6. The second-order valence-corrected chi connectivity index (χ2v) is 5.17. The van der Waals surface area contributed by atoms with Crippen LogP contribution in [0, 0.1) is 0 Å². The summed E-state index contributed by atoms with van der Waals surface area (Å²) >= 11 is 0. The SMILES string of the molecule is CCOC1(C(N)CCCC(F)(F)F)CCCCC1. The van der Waals surface area contributed by atoms with E-state index in [2.05, 4.69) is 0 Å². The Morgan fingerprint density at radius 2 is 1.83 bits per heavy atom. The normalized spacial score (nSPS) is 21.8. The van der Waals surface area contributed by atoms with Crippen molar-refractivity contribution in [1.29, 1.82) is 0 Å². The topological polar surface area (TPSA) is 35.2 Å². The Labute approximate surface area is 107 Å². The zero-order valence-corrected chi connectivity index (χ0v) is 11.1. The molecule has 18 heavy (non-hydrogen) atoms. The molecule has 0 spiro atoms. The minimum Gasteiger partial charge on any atom is -0.374 e. The molecular weight excluding hydrogens is 243 g/mol. The highest BCUT2D eigenvalue weighted by atomic mass is 19.4. The van der Waals surface area contributed by atoms with Crippen molar-refractivity contribution in [2.75, 3.05) is 6.61 Å². The molecule has 108 valence electrons. The summed E-state index contributed by atoms with van der Waals surface area (Å²) in [6.07, 6.45) is 0.721. The molecule has 0 heterocycles. The van der Waals surface area contributed by atoms with Gasteiger partial charge in [-0.15, -0.1) is 0 Å². The van der Waals surface area contributed by atoms with Crippen LogP contribution in [0.1, 0.15) is 58.3 Å². The zero-order valence-electron chi connectivity index (χ0n) is 11.1. The van der Waals surface area contributed by atoms with Crippen molar-refractivity contribution in [2.24, 2.45) is 5.73 Å². The van der Waals surface area contributed by atoms with Crippen molar-refractivity contribution in [3.8, 4) is 0 Å². The van der Waals surface area contributed by atoms with Crippen LogP contribution in [0.3, 0.4) is 0 Å². The van der Waals surface area contributed by atoms with E-state index in [1.54, 1.807) is 0 Å². The summed E-state index contributed by atoms with van der Waals surface area (Å²) in [6.45, 7) is 2.49. The van der Waals surface area contributed by atoms with Gasteiger partial charge in [0, 0.05) is 19.1 Å². The molecule has 0 radical (unpaired) electrons. The highest BCUT2D eigenvalue weighted by Crippen LogP contribution is 2.36. The van der Waals surface area contributed by atoms with Gasteiger partial charge in [0.05, 0.1) is 5.60 Å². The van der Waals surface area contributed by atoms with Crippen LogP contribution in [0.2, 0.25) is 0 Å². The third-order valence-corrected chi connectivity index (χ3v) is 3.78. The van der Waals surface area contributed by atoms with E-state index in [1.807, 2.05) is 6.92 Å². The molecule has 2 N–H and O–H groups in total. The third kappa shape index (κ3) is 4.76. The van der Waals surface area contributed by atoms with E-state index in [0.717, 1.165) is 25.7 Å². The lowest BCUT2D eigenvalue weighted by atomic mass is 9.78. The summed E-state index contributed by atoms with van der Waals surface area (Å²) in [6, 6.07) is -0.278. The van der Waals surface area contributed by atoms with E-state index in [1.165, 1.54) is 6.42 Å². The average molecular weight is 267 g/mol. The maximum Gasteiger partial charge on any atom is 0.389 e. The van der Waals surface area contributed by atoms with Crippen LogP contribution in [0.15, 0.2) is 0 Å². The third-order valence-electron chi connectivity index (χ3n) is 3.78. The van der Waals surface area contributed by atoms with Gasteiger partial charge in [0.1, 0.15) is 0 Å². The second-order valence-electron chi connectivity index (χ2n) is 5.17. The van der Waals surface area contributed by atoms with Gasteiger partial charge in [0.2, 0.25) is 0 Å². The van der Waals surface area contributed by atoms with E-state index < -0.39 is 12.6 Å². The summed E-state index contributed by atoms with van der Waals surface area (Å²) in [5.74, 6) is 0. The molecule has 0 aliphatic heterocycles. The lowest BCUT2D eigenvalue weighted by Crippen LogP contribution is -2.51. The van der Waals surface area contributed by atoms with Crippen LogP contribution in [0.5, 0.6) is 0 Å². The van der Waals surface area contributed by atoms with E-state index >= 15 is 0 Å². The summed E-state index contributed by atoms with van der Waals surface area (Å²) in [4.78, 5) is 0. The van der Waals surface area contributed by atoms with Gasteiger partial charge in [-0.05, 0) is 32.6 Å². The first-order valence-corrected chi connectivity index (χ1v) is 6.86. The van der Waals surface area contributed by atoms with Crippen LogP contribution >= 0.6 is 0 Å². The minimum atomic E-state index is -4.08. The summed E-state index contributed by atoms with van der Waals surface area (Å²) in [7, 11) is 0. The fourth-order valence-corrected chi connectivity index (χ4v) is 2.85. The lowest BCUT2D eigenvalue weighted by Gasteiger charge is -2.41. The summed E-state index contributed by atoms with van der Waals surface area (Å²) < 4.78 is 42.2. The molecule has 1 unspecified atom stereocenters. The molecule has 2 nitrogen and oxygen atoms in total. The van der Waals surface area contributed by atoms with Gasteiger partial charge < -0.3 is 10.5 Å². The highest BCUT2D eigenvalue weighted by Gasteiger charge is 2.38. The Morgan fingerprint density at radius 3 is 2.33 bits per heavy atom. The van der Waals surface area contributed by atoms with Gasteiger partial charge in [-0.25, -0.2) is 0 Å². The standard InChI is InChI=1S/C13H24F3NO/c1-2-18-12(8-4-3-5-9-12)11(17)7-6-10-13(14,15)16/h11H,2-10,17H2,1H3. The number of alkyl halides is 3. The summed E-state index contributed by atoms with van der Waals surface area (Å²) in [5, 5.41) is 0. The maximum atomic E-state index is 12.1. The first kappa shape index (κ1) is 15.8. The molecule has 0 amide bonds. The van der Waals surface area contributed by atoms with E-state index in [0.29, 0.717) is 13.0 Å². The number of nitrogens with two attached hydrogens (primary N) is 1. The fraction of sp³-hybridized carbons (Fsp3) is 1.00. The Morgan fingerprint density at radius 1 is 1.22 bits per heavy atom. The zero-order chi connectivity index (χ0) is 13.6. The predicted molar refractivity (Wildman–Crippen MR) is 65.3 cm³/mol. The maximum absolute atomic E-state index is 12.1. The van der Waals surface area contributed by atoms with Crippen LogP contribution in [0.4, 0.5) is 13.2 Å². The Hall–Kier alpha value is -0.290. The van der Waals surface area contributed by atoms with Gasteiger partial charge >= 0.3 is 6.18 Å². The molecule has 0 saturated heterocycles. The number of ether oxygens (including phenoxy) is 1. The Kier molecular flexibility index (Phi) is 5.92. The monoisotopic (exact) mass is 267 g/mol. The Bertz CT molecular complexity index is 231. The molecule has 1 rings (SSSR count). The molecule has 0 aromatic rings. The number of halogens is 3. The Balaban J connectivity index is 2.46. The van der Waals surface area contributed by atoms with E-state index in [4.69, 9.17) is 10.5 Å². The molecule has 1 saturated carbocycles. The molecule has 0 aromatic heterocycles. The van der Waals surface area contributed by atoms with Crippen LogP contribution < -0.4 is 5.73 Å². The van der Waals surface area contributed by atoms with Crippen molar-refractivity contribution in [3.05, 3.63) is 0 Å². The molecule has 0 aromatic carbocycles. The smallest absolute Gasteiger partial charge is 0.374 e. The van der Waals surface area contributed by atoms with Crippen molar-refractivity contribution >= 4 is 0 Å². The van der Waals surface area contributed by atoms with Crippen LogP contribution in [-0.4, -0.2) is 24.4 Å². The molecule has 1 aliphatic rings.